The van der Waals surface area contributed by atoms with Crippen molar-refractivity contribution in [3.05, 3.63) is 89.0 Å². The number of hydrogen-bond donors (Lipinski definition) is 1. The van der Waals surface area contributed by atoms with Crippen LogP contribution in [0.5, 0.6) is 0 Å². The molecule has 0 spiro atoms. The number of hydrogen-bond acceptors (Lipinski definition) is 3. The Hall–Kier alpha value is -2.72. The van der Waals surface area contributed by atoms with Crippen LogP contribution in [0.3, 0.4) is 0 Å². The number of aromatic nitrogens is 2. The molecule has 126 valence electrons. The molecule has 0 aliphatic heterocycles. The highest BCUT2D eigenvalue weighted by Crippen LogP contribution is 2.23. The molecule has 1 heterocycles. The van der Waals surface area contributed by atoms with E-state index in [2.05, 4.69) is 22.2 Å². The van der Waals surface area contributed by atoms with E-state index in [1.54, 1.807) is 18.3 Å². The van der Waals surface area contributed by atoms with Crippen molar-refractivity contribution in [3.8, 4) is 0 Å². The lowest BCUT2D eigenvalue weighted by molar-refractivity contribution is 0.102. The van der Waals surface area contributed by atoms with Gasteiger partial charge in [0.05, 0.1) is 11.9 Å². The third-order valence-corrected chi connectivity index (χ3v) is 4.10. The lowest BCUT2D eigenvalue weighted by Crippen LogP contribution is -2.12. The van der Waals surface area contributed by atoms with Crippen molar-refractivity contribution in [1.29, 1.82) is 0 Å². The summed E-state index contributed by atoms with van der Waals surface area (Å²) < 4.78 is 0. The number of carbonyl (C=O) groups excluding carboxylic acids is 1. The van der Waals surface area contributed by atoms with Gasteiger partial charge < -0.3 is 5.32 Å². The van der Waals surface area contributed by atoms with E-state index in [0.717, 1.165) is 23.4 Å². The maximum absolute atomic E-state index is 12.3. The summed E-state index contributed by atoms with van der Waals surface area (Å²) in [6.07, 6.45) is 3.97. The second-order valence-electron chi connectivity index (χ2n) is 5.88. The molecule has 4 nitrogen and oxygen atoms in total. The van der Waals surface area contributed by atoms with Crippen LogP contribution in [0.2, 0.25) is 5.15 Å². The largest absolute Gasteiger partial charge is 0.322 e. The fraction of sp³-hybridized carbons (Fsp3) is 0.150. The van der Waals surface area contributed by atoms with Crippen LogP contribution in [0.15, 0.2) is 67.0 Å². The average molecular weight is 352 g/mol. The molecule has 0 saturated heterocycles. The Balaban J connectivity index is 1.71. The highest BCUT2D eigenvalue weighted by atomic mass is 35.5. The predicted molar refractivity (Wildman–Crippen MR) is 100.0 cm³/mol. The Bertz CT molecular complexity index is 868. The van der Waals surface area contributed by atoms with Crippen LogP contribution in [0.25, 0.3) is 0 Å². The number of nitrogens with zero attached hydrogens (tertiary/aromatic N) is 2. The fourth-order valence-corrected chi connectivity index (χ4v) is 2.79. The molecule has 0 unspecified atom stereocenters. The molecule has 5 heteroatoms. The number of amides is 1. The molecule has 0 aliphatic rings. The quantitative estimate of drug-likeness (QED) is 0.723. The minimum absolute atomic E-state index is 0.119. The number of carbonyl (C=O) groups is 1. The molecular weight excluding hydrogens is 334 g/mol. The SMILES string of the molecule is C[C@H](Cc1cncc(Cl)n1)c1cccc(NC(=O)c2ccccc2)c1. The van der Waals surface area contributed by atoms with Crippen molar-refractivity contribution in [1.82, 2.24) is 9.97 Å². The molecule has 0 radical (unpaired) electrons. The molecule has 3 rings (SSSR count). The van der Waals surface area contributed by atoms with E-state index in [1.807, 2.05) is 42.5 Å². The maximum Gasteiger partial charge on any atom is 0.255 e. The first-order valence-corrected chi connectivity index (χ1v) is 8.42. The number of halogens is 1. The first-order valence-electron chi connectivity index (χ1n) is 8.04. The summed E-state index contributed by atoms with van der Waals surface area (Å²) in [7, 11) is 0. The van der Waals surface area contributed by atoms with E-state index in [-0.39, 0.29) is 11.8 Å². The highest BCUT2D eigenvalue weighted by molar-refractivity contribution is 6.29. The minimum Gasteiger partial charge on any atom is -0.322 e. The molecular formula is C20H18ClN3O. The monoisotopic (exact) mass is 351 g/mol. The van der Waals surface area contributed by atoms with Gasteiger partial charge in [-0.05, 0) is 42.2 Å². The van der Waals surface area contributed by atoms with Gasteiger partial charge in [-0.15, -0.1) is 0 Å². The number of anilines is 1. The Morgan fingerprint density at radius 2 is 1.92 bits per heavy atom. The predicted octanol–water partition coefficient (Wildman–Crippen LogP) is 4.73. The summed E-state index contributed by atoms with van der Waals surface area (Å²) in [6.45, 7) is 2.11. The number of rotatable bonds is 5. The molecule has 1 N–H and O–H groups in total. The van der Waals surface area contributed by atoms with E-state index < -0.39 is 0 Å². The third-order valence-electron chi connectivity index (χ3n) is 3.92. The molecule has 1 atom stereocenters. The van der Waals surface area contributed by atoms with Crippen LogP contribution in [0.4, 0.5) is 5.69 Å². The van der Waals surface area contributed by atoms with Crippen molar-refractivity contribution in [2.75, 3.05) is 5.32 Å². The summed E-state index contributed by atoms with van der Waals surface area (Å²) in [4.78, 5) is 20.6. The van der Waals surface area contributed by atoms with Gasteiger partial charge >= 0.3 is 0 Å². The maximum atomic E-state index is 12.3. The Morgan fingerprint density at radius 3 is 2.68 bits per heavy atom. The minimum atomic E-state index is -0.119. The zero-order valence-electron chi connectivity index (χ0n) is 13.8. The van der Waals surface area contributed by atoms with Crippen LogP contribution < -0.4 is 5.32 Å². The van der Waals surface area contributed by atoms with Crippen LogP contribution >= 0.6 is 11.6 Å². The molecule has 0 saturated carbocycles. The first kappa shape index (κ1) is 17.1. The molecule has 0 fully saturated rings. The molecule has 1 amide bonds. The van der Waals surface area contributed by atoms with Crippen molar-refractivity contribution >= 4 is 23.2 Å². The van der Waals surface area contributed by atoms with E-state index >= 15 is 0 Å². The number of nitrogens with one attached hydrogen (secondary N) is 1. The summed E-state index contributed by atoms with van der Waals surface area (Å²) in [5.41, 5.74) is 3.37. The fourth-order valence-electron chi connectivity index (χ4n) is 2.63. The summed E-state index contributed by atoms with van der Waals surface area (Å²) in [6, 6.07) is 17.0. The van der Waals surface area contributed by atoms with Gasteiger partial charge in [0.15, 0.2) is 0 Å². The molecule has 25 heavy (non-hydrogen) atoms. The second kappa shape index (κ2) is 7.90. The van der Waals surface area contributed by atoms with Crippen molar-refractivity contribution < 1.29 is 4.79 Å². The van der Waals surface area contributed by atoms with Gasteiger partial charge in [0.2, 0.25) is 0 Å². The normalized spacial score (nSPS) is 11.8. The van der Waals surface area contributed by atoms with Crippen LogP contribution in [-0.4, -0.2) is 15.9 Å². The number of benzene rings is 2. The summed E-state index contributed by atoms with van der Waals surface area (Å²) >= 11 is 5.89. The Labute approximate surface area is 151 Å². The smallest absolute Gasteiger partial charge is 0.255 e. The standard InChI is InChI=1S/C20H18ClN3O/c1-14(10-18-12-22-13-19(21)23-18)16-8-5-9-17(11-16)24-20(25)15-6-3-2-4-7-15/h2-9,11-14H,10H2,1H3,(H,24,25)/t14-/m1/s1. The van der Waals surface area contributed by atoms with Crippen LogP contribution in [0, 0.1) is 0 Å². The van der Waals surface area contributed by atoms with E-state index in [4.69, 9.17) is 11.6 Å². The molecule has 0 bridgehead atoms. The Kier molecular flexibility index (Phi) is 5.41. The molecule has 1 aromatic heterocycles. The summed E-state index contributed by atoms with van der Waals surface area (Å²) in [5, 5.41) is 3.34. The van der Waals surface area contributed by atoms with Gasteiger partial charge in [-0.3, -0.25) is 9.78 Å². The zero-order valence-corrected chi connectivity index (χ0v) is 14.6. The van der Waals surface area contributed by atoms with Gasteiger partial charge in [-0.1, -0.05) is 48.9 Å². The second-order valence-corrected chi connectivity index (χ2v) is 6.27. The van der Waals surface area contributed by atoms with Crippen molar-refractivity contribution in [3.63, 3.8) is 0 Å². The van der Waals surface area contributed by atoms with Crippen LogP contribution in [0.1, 0.15) is 34.5 Å². The average Bonchev–Trinajstić information content (AvgIpc) is 2.62. The van der Waals surface area contributed by atoms with Gasteiger partial charge in [0.25, 0.3) is 5.91 Å². The first-order chi connectivity index (χ1) is 12.1. The van der Waals surface area contributed by atoms with Crippen molar-refractivity contribution in [2.45, 2.75) is 19.3 Å². The Morgan fingerprint density at radius 1 is 1.12 bits per heavy atom. The third kappa shape index (κ3) is 4.64. The topological polar surface area (TPSA) is 54.9 Å². The van der Waals surface area contributed by atoms with E-state index in [9.17, 15) is 4.79 Å². The van der Waals surface area contributed by atoms with Gasteiger partial charge in [-0.2, -0.15) is 0 Å². The van der Waals surface area contributed by atoms with E-state index in [0.29, 0.717) is 10.7 Å². The molecule has 0 aliphatic carbocycles. The van der Waals surface area contributed by atoms with E-state index in [1.165, 1.54) is 6.20 Å². The van der Waals surface area contributed by atoms with Gasteiger partial charge in [0, 0.05) is 17.4 Å². The van der Waals surface area contributed by atoms with Crippen molar-refractivity contribution in [2.24, 2.45) is 0 Å². The zero-order chi connectivity index (χ0) is 17.6. The van der Waals surface area contributed by atoms with Gasteiger partial charge in [0.1, 0.15) is 5.15 Å². The van der Waals surface area contributed by atoms with Crippen LogP contribution in [-0.2, 0) is 6.42 Å². The molecule has 3 aromatic rings. The molecule has 2 aromatic carbocycles. The van der Waals surface area contributed by atoms with Gasteiger partial charge in [-0.25, -0.2) is 4.98 Å². The lowest BCUT2D eigenvalue weighted by atomic mass is 9.96. The summed E-state index contributed by atoms with van der Waals surface area (Å²) in [5.74, 6) is 0.104. The highest BCUT2D eigenvalue weighted by Gasteiger charge is 2.11. The lowest BCUT2D eigenvalue weighted by Gasteiger charge is -2.13.